The number of aliphatic hydroxyl groups excluding tert-OH is 1. The molecule has 0 aromatic rings. The minimum Gasteiger partial charge on any atom is -0.392 e. The molecule has 2 nitrogen and oxygen atoms in total. The third kappa shape index (κ3) is 5.22. The van der Waals surface area contributed by atoms with Crippen LogP contribution in [0, 0.1) is 0 Å². The van der Waals surface area contributed by atoms with Crippen molar-refractivity contribution in [1.29, 1.82) is 0 Å². The standard InChI is InChI=1S/C9H21NO/c1-5-6-10(8(2)3)7-9(4)11/h8-9,11H,5-7H2,1-4H3/t9-/m1/s1. The van der Waals surface area contributed by atoms with Gasteiger partial charge < -0.3 is 5.11 Å². The second-order valence-corrected chi connectivity index (χ2v) is 3.44. The van der Waals surface area contributed by atoms with Crippen molar-refractivity contribution in [3.63, 3.8) is 0 Å². The van der Waals surface area contributed by atoms with Crippen molar-refractivity contribution >= 4 is 0 Å². The van der Waals surface area contributed by atoms with E-state index in [4.69, 9.17) is 5.11 Å². The van der Waals surface area contributed by atoms with Gasteiger partial charge in [-0.2, -0.15) is 0 Å². The summed E-state index contributed by atoms with van der Waals surface area (Å²) in [4.78, 5) is 2.30. The van der Waals surface area contributed by atoms with Crippen molar-refractivity contribution in [2.45, 2.75) is 46.3 Å². The maximum atomic E-state index is 9.16. The van der Waals surface area contributed by atoms with Gasteiger partial charge in [0, 0.05) is 12.6 Å². The first-order valence-electron chi connectivity index (χ1n) is 4.50. The predicted octanol–water partition coefficient (Wildman–Crippen LogP) is 1.49. The number of aliphatic hydroxyl groups is 1. The van der Waals surface area contributed by atoms with Crippen LogP contribution in [0.3, 0.4) is 0 Å². The molecule has 0 saturated carbocycles. The van der Waals surface area contributed by atoms with Crippen LogP contribution in [0.15, 0.2) is 0 Å². The van der Waals surface area contributed by atoms with Gasteiger partial charge in [-0.1, -0.05) is 6.92 Å². The molecule has 0 aliphatic rings. The quantitative estimate of drug-likeness (QED) is 0.657. The van der Waals surface area contributed by atoms with Crippen LogP contribution in [0.4, 0.5) is 0 Å². The van der Waals surface area contributed by atoms with E-state index in [9.17, 15) is 0 Å². The van der Waals surface area contributed by atoms with E-state index < -0.39 is 0 Å². The van der Waals surface area contributed by atoms with Gasteiger partial charge in [0.2, 0.25) is 0 Å². The van der Waals surface area contributed by atoms with Crippen LogP contribution in [0.2, 0.25) is 0 Å². The number of nitrogens with zero attached hydrogens (tertiary/aromatic N) is 1. The van der Waals surface area contributed by atoms with Crippen LogP contribution in [0.5, 0.6) is 0 Å². The number of rotatable bonds is 5. The molecule has 1 atom stereocenters. The van der Waals surface area contributed by atoms with Crippen LogP contribution < -0.4 is 0 Å². The maximum Gasteiger partial charge on any atom is 0.0639 e. The van der Waals surface area contributed by atoms with Crippen molar-refractivity contribution in [2.75, 3.05) is 13.1 Å². The highest BCUT2D eigenvalue weighted by Gasteiger charge is 2.09. The summed E-state index contributed by atoms with van der Waals surface area (Å²) >= 11 is 0. The molecular formula is C9H21NO. The lowest BCUT2D eigenvalue weighted by molar-refractivity contribution is 0.108. The molecule has 0 aromatic heterocycles. The summed E-state index contributed by atoms with van der Waals surface area (Å²) in [6.07, 6.45) is 0.953. The van der Waals surface area contributed by atoms with E-state index in [0.717, 1.165) is 19.5 Å². The monoisotopic (exact) mass is 159 g/mol. The normalized spacial score (nSPS) is 14.5. The average molecular weight is 159 g/mol. The second kappa shape index (κ2) is 5.56. The first-order chi connectivity index (χ1) is 5.07. The van der Waals surface area contributed by atoms with E-state index in [1.54, 1.807) is 0 Å². The second-order valence-electron chi connectivity index (χ2n) is 3.44. The smallest absolute Gasteiger partial charge is 0.0639 e. The van der Waals surface area contributed by atoms with Crippen LogP contribution >= 0.6 is 0 Å². The van der Waals surface area contributed by atoms with Crippen molar-refractivity contribution in [3.8, 4) is 0 Å². The Morgan fingerprint density at radius 1 is 1.27 bits per heavy atom. The van der Waals surface area contributed by atoms with E-state index in [1.165, 1.54) is 0 Å². The SMILES string of the molecule is CCCN(C[C@@H](C)O)C(C)C. The van der Waals surface area contributed by atoms with Crippen molar-refractivity contribution < 1.29 is 5.11 Å². The molecule has 0 bridgehead atoms. The summed E-state index contributed by atoms with van der Waals surface area (Å²) in [6, 6.07) is 0.546. The van der Waals surface area contributed by atoms with Gasteiger partial charge in [0.25, 0.3) is 0 Å². The van der Waals surface area contributed by atoms with Gasteiger partial charge in [-0.25, -0.2) is 0 Å². The third-order valence-corrected chi connectivity index (χ3v) is 1.74. The molecule has 0 unspecified atom stereocenters. The van der Waals surface area contributed by atoms with Crippen LogP contribution in [0.25, 0.3) is 0 Å². The van der Waals surface area contributed by atoms with E-state index >= 15 is 0 Å². The zero-order valence-corrected chi connectivity index (χ0v) is 8.17. The third-order valence-electron chi connectivity index (χ3n) is 1.74. The molecule has 0 amide bonds. The Morgan fingerprint density at radius 2 is 1.82 bits per heavy atom. The zero-order valence-electron chi connectivity index (χ0n) is 8.17. The summed E-state index contributed by atoms with van der Waals surface area (Å²) in [5.41, 5.74) is 0. The molecule has 1 N–H and O–H groups in total. The molecule has 0 aromatic carbocycles. The van der Waals surface area contributed by atoms with E-state index in [-0.39, 0.29) is 6.10 Å². The van der Waals surface area contributed by atoms with Gasteiger partial charge in [0.15, 0.2) is 0 Å². The molecule has 2 heteroatoms. The van der Waals surface area contributed by atoms with Gasteiger partial charge in [0.05, 0.1) is 6.10 Å². The molecule has 0 spiro atoms. The maximum absolute atomic E-state index is 9.16. The first kappa shape index (κ1) is 10.9. The summed E-state index contributed by atoms with van der Waals surface area (Å²) in [6.45, 7) is 10.2. The minimum absolute atomic E-state index is 0.205. The molecule has 0 aliphatic heterocycles. The van der Waals surface area contributed by atoms with Crippen LogP contribution in [0.1, 0.15) is 34.1 Å². The zero-order chi connectivity index (χ0) is 8.85. The lowest BCUT2D eigenvalue weighted by atomic mass is 10.2. The fraction of sp³-hybridized carbons (Fsp3) is 1.00. The largest absolute Gasteiger partial charge is 0.392 e. The predicted molar refractivity (Wildman–Crippen MR) is 48.7 cm³/mol. The highest BCUT2D eigenvalue weighted by Crippen LogP contribution is 2.00. The Balaban J connectivity index is 3.69. The topological polar surface area (TPSA) is 23.5 Å². The lowest BCUT2D eigenvalue weighted by Crippen LogP contribution is -2.37. The highest BCUT2D eigenvalue weighted by atomic mass is 16.3. The van der Waals surface area contributed by atoms with Crippen molar-refractivity contribution in [3.05, 3.63) is 0 Å². The van der Waals surface area contributed by atoms with Gasteiger partial charge in [-0.3, -0.25) is 4.90 Å². The van der Waals surface area contributed by atoms with Gasteiger partial charge in [0.1, 0.15) is 0 Å². The van der Waals surface area contributed by atoms with Crippen LogP contribution in [-0.2, 0) is 0 Å². The number of hydrogen-bond donors (Lipinski definition) is 1. The molecule has 0 aliphatic carbocycles. The van der Waals surface area contributed by atoms with Crippen molar-refractivity contribution in [2.24, 2.45) is 0 Å². The summed E-state index contributed by atoms with van der Waals surface area (Å²) in [5.74, 6) is 0. The Hall–Kier alpha value is -0.0800. The van der Waals surface area contributed by atoms with Crippen molar-refractivity contribution in [1.82, 2.24) is 4.90 Å². The van der Waals surface area contributed by atoms with Gasteiger partial charge in [-0.15, -0.1) is 0 Å². The van der Waals surface area contributed by atoms with E-state index in [1.807, 2.05) is 6.92 Å². The lowest BCUT2D eigenvalue weighted by Gasteiger charge is -2.26. The highest BCUT2D eigenvalue weighted by molar-refractivity contribution is 4.64. The Labute approximate surface area is 70.2 Å². The Morgan fingerprint density at radius 3 is 2.09 bits per heavy atom. The molecule has 0 heterocycles. The molecule has 0 fully saturated rings. The van der Waals surface area contributed by atoms with Crippen LogP contribution in [-0.4, -0.2) is 35.2 Å². The average Bonchev–Trinajstić information content (AvgIpc) is 1.86. The fourth-order valence-corrected chi connectivity index (χ4v) is 1.19. The van der Waals surface area contributed by atoms with E-state index in [2.05, 4.69) is 25.7 Å². The molecule has 0 radical (unpaired) electrons. The van der Waals surface area contributed by atoms with E-state index in [0.29, 0.717) is 6.04 Å². The molecule has 68 valence electrons. The Kier molecular flexibility index (Phi) is 5.51. The fourth-order valence-electron chi connectivity index (χ4n) is 1.19. The summed E-state index contributed by atoms with van der Waals surface area (Å²) < 4.78 is 0. The summed E-state index contributed by atoms with van der Waals surface area (Å²) in [7, 11) is 0. The first-order valence-corrected chi connectivity index (χ1v) is 4.50. The molecule has 11 heavy (non-hydrogen) atoms. The van der Waals surface area contributed by atoms with Gasteiger partial charge in [-0.05, 0) is 33.7 Å². The summed E-state index contributed by atoms with van der Waals surface area (Å²) in [5, 5.41) is 9.16. The molecular weight excluding hydrogens is 138 g/mol. The number of hydrogen-bond acceptors (Lipinski definition) is 2. The molecule has 0 rings (SSSR count). The minimum atomic E-state index is -0.205. The molecule has 0 saturated heterocycles. The van der Waals surface area contributed by atoms with Gasteiger partial charge >= 0.3 is 0 Å². The Bertz CT molecular complexity index is 91.6.